The van der Waals surface area contributed by atoms with Crippen molar-refractivity contribution in [1.82, 2.24) is 14.9 Å². The molecule has 0 spiro atoms. The number of hydrogen-bond acceptors (Lipinski definition) is 6. The molecule has 0 aliphatic heterocycles. The number of nitrogens with zero attached hydrogens (tertiary/aromatic N) is 3. The van der Waals surface area contributed by atoms with E-state index in [4.69, 9.17) is 5.73 Å². The number of hydrogen-bond donors (Lipinski definition) is 2. The second-order valence-corrected chi connectivity index (χ2v) is 5.71. The van der Waals surface area contributed by atoms with E-state index in [1.807, 2.05) is 13.0 Å². The van der Waals surface area contributed by atoms with Crippen molar-refractivity contribution in [2.45, 2.75) is 13.3 Å². The largest absolute Gasteiger partial charge is 0.369 e. The maximum atomic E-state index is 11.5. The fourth-order valence-corrected chi connectivity index (χ4v) is 2.59. The predicted octanol–water partition coefficient (Wildman–Crippen LogP) is 1.47. The quantitative estimate of drug-likeness (QED) is 0.885. The highest BCUT2D eigenvalue weighted by Crippen LogP contribution is 2.28. The number of thiophene rings is 1. The summed E-state index contributed by atoms with van der Waals surface area (Å²) in [5, 5.41) is 4.11. The van der Waals surface area contributed by atoms with Gasteiger partial charge in [-0.2, -0.15) is 4.98 Å². The molecule has 7 heteroatoms. The number of aromatic nitrogens is 2. The summed E-state index contributed by atoms with van der Waals surface area (Å²) in [4.78, 5) is 23.5. The lowest BCUT2D eigenvalue weighted by atomic mass is 10.3. The molecular weight excluding hydrogens is 262 g/mol. The summed E-state index contributed by atoms with van der Waals surface area (Å²) in [6, 6.07) is 2.02. The third-order valence-corrected chi connectivity index (χ3v) is 3.61. The monoisotopic (exact) mass is 279 g/mol. The van der Waals surface area contributed by atoms with Crippen molar-refractivity contribution in [2.24, 2.45) is 0 Å². The number of carbonyl (C=O) groups excluding carboxylic acids is 1. The Kier molecular flexibility index (Phi) is 3.84. The van der Waals surface area contributed by atoms with Crippen LogP contribution in [0.25, 0.3) is 10.2 Å². The van der Waals surface area contributed by atoms with E-state index in [1.54, 1.807) is 30.3 Å². The Morgan fingerprint density at radius 3 is 2.89 bits per heavy atom. The highest BCUT2D eigenvalue weighted by molar-refractivity contribution is 7.18. The Morgan fingerprint density at radius 2 is 2.21 bits per heavy atom. The molecule has 2 aromatic rings. The number of nitrogen functional groups attached to an aromatic ring is 1. The molecule has 0 saturated heterocycles. The molecule has 0 aromatic carbocycles. The van der Waals surface area contributed by atoms with Crippen LogP contribution in [0.5, 0.6) is 0 Å². The number of nitrogens with one attached hydrogen (secondary N) is 1. The van der Waals surface area contributed by atoms with Gasteiger partial charge in [0.25, 0.3) is 0 Å². The average Bonchev–Trinajstić information content (AvgIpc) is 2.68. The third kappa shape index (κ3) is 3.11. The van der Waals surface area contributed by atoms with E-state index < -0.39 is 0 Å². The molecule has 1 amide bonds. The zero-order chi connectivity index (χ0) is 14.0. The summed E-state index contributed by atoms with van der Waals surface area (Å²) in [5.41, 5.74) is 5.68. The van der Waals surface area contributed by atoms with E-state index >= 15 is 0 Å². The Morgan fingerprint density at radius 1 is 1.47 bits per heavy atom. The van der Waals surface area contributed by atoms with E-state index in [-0.39, 0.29) is 11.9 Å². The van der Waals surface area contributed by atoms with Gasteiger partial charge in [0.2, 0.25) is 11.9 Å². The molecule has 0 unspecified atom stereocenters. The molecule has 0 bridgehead atoms. The normalized spacial score (nSPS) is 10.7. The van der Waals surface area contributed by atoms with Gasteiger partial charge in [-0.1, -0.05) is 0 Å². The average molecular weight is 279 g/mol. The van der Waals surface area contributed by atoms with Gasteiger partial charge in [-0.3, -0.25) is 4.79 Å². The molecule has 0 radical (unpaired) electrons. The van der Waals surface area contributed by atoms with Crippen LogP contribution in [0, 0.1) is 6.92 Å². The Hall–Kier alpha value is -1.89. The summed E-state index contributed by atoms with van der Waals surface area (Å²) < 4.78 is 0. The number of carbonyl (C=O) groups is 1. The minimum atomic E-state index is 0.0762. The summed E-state index contributed by atoms with van der Waals surface area (Å²) in [6.45, 7) is 2.54. The molecule has 6 nitrogen and oxygen atoms in total. The highest BCUT2D eigenvalue weighted by atomic mass is 32.1. The van der Waals surface area contributed by atoms with Crippen molar-refractivity contribution in [3.63, 3.8) is 0 Å². The highest BCUT2D eigenvalue weighted by Gasteiger charge is 2.10. The van der Waals surface area contributed by atoms with Crippen LogP contribution >= 0.6 is 11.3 Å². The van der Waals surface area contributed by atoms with Crippen LogP contribution in [0.4, 0.5) is 11.8 Å². The third-order valence-electron chi connectivity index (χ3n) is 2.66. The number of amides is 1. The molecule has 0 aliphatic carbocycles. The lowest BCUT2D eigenvalue weighted by Gasteiger charge is -2.11. The maximum absolute atomic E-state index is 11.5. The molecule has 3 N–H and O–H groups in total. The second-order valence-electron chi connectivity index (χ2n) is 4.47. The molecule has 0 aliphatic rings. The molecule has 0 saturated carbocycles. The van der Waals surface area contributed by atoms with Crippen molar-refractivity contribution in [2.75, 3.05) is 31.7 Å². The first kappa shape index (κ1) is 13.5. The number of rotatable bonds is 4. The van der Waals surface area contributed by atoms with Crippen LogP contribution in [0.2, 0.25) is 0 Å². The van der Waals surface area contributed by atoms with Crippen LogP contribution in [0.1, 0.15) is 11.3 Å². The Labute approximate surface area is 115 Å². The lowest BCUT2D eigenvalue weighted by Crippen LogP contribution is -2.24. The zero-order valence-corrected chi connectivity index (χ0v) is 12.0. The predicted molar refractivity (Wildman–Crippen MR) is 78.4 cm³/mol. The minimum Gasteiger partial charge on any atom is -0.369 e. The van der Waals surface area contributed by atoms with Gasteiger partial charge >= 0.3 is 0 Å². The maximum Gasteiger partial charge on any atom is 0.223 e. The van der Waals surface area contributed by atoms with Gasteiger partial charge in [0.05, 0.1) is 5.39 Å². The van der Waals surface area contributed by atoms with Crippen LogP contribution in [-0.2, 0) is 4.79 Å². The number of aryl methyl sites for hydroxylation is 1. The minimum absolute atomic E-state index is 0.0762. The van der Waals surface area contributed by atoms with Crippen molar-refractivity contribution in [3.05, 3.63) is 10.9 Å². The number of fused-ring (bicyclic) bond motifs is 1. The molecule has 102 valence electrons. The van der Waals surface area contributed by atoms with E-state index in [9.17, 15) is 4.79 Å². The van der Waals surface area contributed by atoms with E-state index in [0.717, 1.165) is 15.1 Å². The van der Waals surface area contributed by atoms with Crippen molar-refractivity contribution >= 4 is 39.2 Å². The molecule has 0 fully saturated rings. The van der Waals surface area contributed by atoms with E-state index in [1.165, 1.54) is 0 Å². The second kappa shape index (κ2) is 5.40. The SMILES string of the molecule is Cc1cc2c(NCCC(=O)N(C)C)nc(N)nc2s1. The van der Waals surface area contributed by atoms with Gasteiger partial charge < -0.3 is 16.0 Å². The van der Waals surface area contributed by atoms with Crippen LogP contribution in [0.3, 0.4) is 0 Å². The molecule has 19 heavy (non-hydrogen) atoms. The fourth-order valence-electron chi connectivity index (χ4n) is 1.70. The summed E-state index contributed by atoms with van der Waals surface area (Å²) in [7, 11) is 3.48. The number of anilines is 2. The van der Waals surface area contributed by atoms with Crippen LogP contribution in [0.15, 0.2) is 6.07 Å². The fraction of sp³-hybridized carbons (Fsp3) is 0.417. The molecule has 2 rings (SSSR count). The molecule has 2 heterocycles. The lowest BCUT2D eigenvalue weighted by molar-refractivity contribution is -0.128. The summed E-state index contributed by atoms with van der Waals surface area (Å²) in [6.07, 6.45) is 0.418. The van der Waals surface area contributed by atoms with Crippen LogP contribution < -0.4 is 11.1 Å². The first-order valence-corrected chi connectivity index (χ1v) is 6.76. The van der Waals surface area contributed by atoms with Gasteiger partial charge in [-0.15, -0.1) is 11.3 Å². The van der Waals surface area contributed by atoms with Gasteiger partial charge in [0.1, 0.15) is 10.6 Å². The van der Waals surface area contributed by atoms with Crippen molar-refractivity contribution in [3.8, 4) is 0 Å². The Bertz CT molecular complexity index is 607. The number of nitrogens with two attached hydrogens (primary N) is 1. The summed E-state index contributed by atoms with van der Waals surface area (Å²) in [5.74, 6) is 1.02. The van der Waals surface area contributed by atoms with Crippen molar-refractivity contribution in [1.29, 1.82) is 0 Å². The van der Waals surface area contributed by atoms with E-state index in [2.05, 4.69) is 15.3 Å². The van der Waals surface area contributed by atoms with Gasteiger partial charge in [-0.05, 0) is 13.0 Å². The standard InChI is InChI=1S/C12H17N5OS/c1-7-6-8-10(14-5-4-9(18)17(2)3)15-12(13)16-11(8)19-7/h6H,4-5H2,1-3H3,(H3,13,14,15,16). The zero-order valence-electron chi connectivity index (χ0n) is 11.2. The molecule has 2 aromatic heterocycles. The molecular formula is C12H17N5OS. The topological polar surface area (TPSA) is 84.1 Å². The van der Waals surface area contributed by atoms with E-state index in [0.29, 0.717) is 18.8 Å². The first-order chi connectivity index (χ1) is 8.97. The van der Waals surface area contributed by atoms with Gasteiger partial charge in [-0.25, -0.2) is 4.98 Å². The van der Waals surface area contributed by atoms with Crippen molar-refractivity contribution < 1.29 is 4.79 Å². The molecule has 0 atom stereocenters. The van der Waals surface area contributed by atoms with Gasteiger partial charge in [0.15, 0.2) is 0 Å². The Balaban J connectivity index is 2.14. The summed E-state index contributed by atoms with van der Waals surface area (Å²) >= 11 is 1.58. The smallest absolute Gasteiger partial charge is 0.223 e. The van der Waals surface area contributed by atoms with Gasteiger partial charge in [0, 0.05) is 31.9 Å². The first-order valence-electron chi connectivity index (χ1n) is 5.95. The van der Waals surface area contributed by atoms with Crippen LogP contribution in [-0.4, -0.2) is 41.4 Å².